The smallest absolute Gasteiger partial charge is 0.220 e. The Morgan fingerprint density at radius 3 is 2.57 bits per heavy atom. The molecule has 106 valence electrons. The number of nitrogens with one attached hydrogen (secondary N) is 1. The highest BCUT2D eigenvalue weighted by Crippen LogP contribution is 2.06. The van der Waals surface area contributed by atoms with E-state index in [1.54, 1.807) is 24.3 Å². The number of amides is 1. The van der Waals surface area contributed by atoms with E-state index in [1.165, 1.54) is 12.1 Å². The summed E-state index contributed by atoms with van der Waals surface area (Å²) in [6.07, 6.45) is 0.974. The van der Waals surface area contributed by atoms with E-state index in [9.17, 15) is 9.18 Å². The van der Waals surface area contributed by atoms with Crippen molar-refractivity contribution in [2.45, 2.75) is 19.4 Å². The highest BCUT2D eigenvalue weighted by molar-refractivity contribution is 5.76. The lowest BCUT2D eigenvalue weighted by molar-refractivity contribution is -0.121. The van der Waals surface area contributed by atoms with Crippen LogP contribution in [0.1, 0.15) is 23.1 Å². The number of hydrogen-bond donors (Lipinski definition) is 1. The van der Waals surface area contributed by atoms with Crippen molar-refractivity contribution in [3.8, 4) is 6.07 Å². The van der Waals surface area contributed by atoms with Gasteiger partial charge in [0.15, 0.2) is 0 Å². The van der Waals surface area contributed by atoms with E-state index in [2.05, 4.69) is 11.4 Å². The van der Waals surface area contributed by atoms with Crippen LogP contribution in [0.15, 0.2) is 48.5 Å². The molecule has 0 aliphatic rings. The molecule has 2 aromatic rings. The number of halogens is 1. The van der Waals surface area contributed by atoms with Crippen LogP contribution in [0.5, 0.6) is 0 Å². The van der Waals surface area contributed by atoms with Crippen LogP contribution in [0.3, 0.4) is 0 Å². The molecule has 0 saturated carbocycles. The van der Waals surface area contributed by atoms with Crippen molar-refractivity contribution in [3.05, 3.63) is 71.0 Å². The third-order valence-electron chi connectivity index (χ3n) is 3.10. The first-order valence-electron chi connectivity index (χ1n) is 6.67. The predicted molar refractivity (Wildman–Crippen MR) is 77.7 cm³/mol. The van der Waals surface area contributed by atoms with Gasteiger partial charge in [-0.25, -0.2) is 4.39 Å². The number of benzene rings is 2. The van der Waals surface area contributed by atoms with Crippen LogP contribution in [-0.4, -0.2) is 5.91 Å². The molecule has 21 heavy (non-hydrogen) atoms. The molecule has 0 aromatic heterocycles. The van der Waals surface area contributed by atoms with Gasteiger partial charge in [-0.2, -0.15) is 5.26 Å². The van der Waals surface area contributed by atoms with Crippen LogP contribution in [0.25, 0.3) is 0 Å². The number of hydrogen-bond acceptors (Lipinski definition) is 2. The van der Waals surface area contributed by atoms with Crippen molar-refractivity contribution >= 4 is 5.91 Å². The lowest BCUT2D eigenvalue weighted by Gasteiger charge is -2.06. The Balaban J connectivity index is 1.78. The summed E-state index contributed by atoms with van der Waals surface area (Å²) >= 11 is 0. The largest absolute Gasteiger partial charge is 0.352 e. The molecule has 3 nitrogen and oxygen atoms in total. The molecule has 4 heteroatoms. The predicted octanol–water partition coefficient (Wildman–Crippen LogP) is 2.95. The Hall–Kier alpha value is -2.67. The lowest BCUT2D eigenvalue weighted by Crippen LogP contribution is -2.23. The normalized spacial score (nSPS) is 9.90. The average molecular weight is 282 g/mol. The van der Waals surface area contributed by atoms with E-state index >= 15 is 0 Å². The zero-order valence-corrected chi connectivity index (χ0v) is 11.5. The molecular formula is C17H15FN2O. The Bertz CT molecular complexity index is 659. The van der Waals surface area contributed by atoms with Crippen LogP contribution >= 0.6 is 0 Å². The molecule has 0 heterocycles. The van der Waals surface area contributed by atoms with Gasteiger partial charge < -0.3 is 5.32 Å². The standard InChI is InChI=1S/C17H15FN2O/c18-16-3-1-2-15(10-16)12-20-17(21)9-8-13-4-6-14(11-19)7-5-13/h1-7,10H,8-9,12H2,(H,20,21). The fourth-order valence-electron chi connectivity index (χ4n) is 1.94. The minimum atomic E-state index is -0.306. The Morgan fingerprint density at radius 1 is 1.14 bits per heavy atom. The first-order valence-corrected chi connectivity index (χ1v) is 6.67. The lowest BCUT2D eigenvalue weighted by atomic mass is 10.1. The summed E-state index contributed by atoms with van der Waals surface area (Å²) in [6.45, 7) is 0.323. The van der Waals surface area contributed by atoms with E-state index in [1.807, 2.05) is 12.1 Å². The van der Waals surface area contributed by atoms with E-state index < -0.39 is 0 Å². The number of nitriles is 1. The highest BCUT2D eigenvalue weighted by Gasteiger charge is 2.03. The molecule has 0 atom stereocenters. The van der Waals surface area contributed by atoms with Gasteiger partial charge in [0, 0.05) is 13.0 Å². The first kappa shape index (κ1) is 14.7. The van der Waals surface area contributed by atoms with Crippen LogP contribution in [0.2, 0.25) is 0 Å². The third-order valence-corrected chi connectivity index (χ3v) is 3.10. The Labute approximate surface area is 123 Å². The summed E-state index contributed by atoms with van der Waals surface area (Å²) in [5, 5.41) is 11.5. The van der Waals surface area contributed by atoms with Crippen molar-refractivity contribution in [1.82, 2.24) is 5.32 Å². The summed E-state index contributed by atoms with van der Waals surface area (Å²) in [6, 6.07) is 15.4. The van der Waals surface area contributed by atoms with E-state index in [4.69, 9.17) is 5.26 Å². The zero-order valence-electron chi connectivity index (χ0n) is 11.5. The minimum Gasteiger partial charge on any atom is -0.352 e. The summed E-state index contributed by atoms with van der Waals surface area (Å²) in [7, 11) is 0. The van der Waals surface area contributed by atoms with E-state index in [0.29, 0.717) is 24.9 Å². The maximum absolute atomic E-state index is 13.0. The first-order chi connectivity index (χ1) is 10.2. The number of aryl methyl sites for hydroxylation is 1. The van der Waals surface area contributed by atoms with Gasteiger partial charge >= 0.3 is 0 Å². The van der Waals surface area contributed by atoms with Gasteiger partial charge in [0.25, 0.3) is 0 Å². The summed E-state index contributed by atoms with van der Waals surface area (Å²) in [5.74, 6) is -0.386. The van der Waals surface area contributed by atoms with E-state index in [-0.39, 0.29) is 11.7 Å². The van der Waals surface area contributed by atoms with Crippen molar-refractivity contribution in [1.29, 1.82) is 5.26 Å². The van der Waals surface area contributed by atoms with Gasteiger partial charge in [-0.1, -0.05) is 24.3 Å². The summed E-state index contributed by atoms with van der Waals surface area (Å²) in [5.41, 5.74) is 2.35. The van der Waals surface area contributed by atoms with Crippen molar-refractivity contribution in [2.75, 3.05) is 0 Å². The number of carbonyl (C=O) groups is 1. The van der Waals surface area contributed by atoms with Gasteiger partial charge in [0.1, 0.15) is 5.82 Å². The van der Waals surface area contributed by atoms with Crippen LogP contribution in [0, 0.1) is 17.1 Å². The molecule has 0 aliphatic carbocycles. The fourth-order valence-corrected chi connectivity index (χ4v) is 1.94. The van der Waals surface area contributed by atoms with Gasteiger partial charge in [-0.15, -0.1) is 0 Å². The van der Waals surface area contributed by atoms with Crippen LogP contribution < -0.4 is 5.32 Å². The second-order valence-corrected chi connectivity index (χ2v) is 4.72. The number of carbonyl (C=O) groups excluding carboxylic acids is 1. The number of nitrogens with zero attached hydrogens (tertiary/aromatic N) is 1. The Morgan fingerprint density at radius 2 is 1.90 bits per heavy atom. The molecule has 0 aliphatic heterocycles. The molecule has 0 saturated heterocycles. The van der Waals surface area contributed by atoms with Crippen molar-refractivity contribution < 1.29 is 9.18 Å². The number of rotatable bonds is 5. The quantitative estimate of drug-likeness (QED) is 0.916. The molecule has 0 unspecified atom stereocenters. The minimum absolute atomic E-state index is 0.0800. The summed E-state index contributed by atoms with van der Waals surface area (Å²) < 4.78 is 13.0. The van der Waals surface area contributed by atoms with Gasteiger partial charge in [0.2, 0.25) is 5.91 Å². The van der Waals surface area contributed by atoms with Gasteiger partial charge in [-0.3, -0.25) is 4.79 Å². The molecule has 0 fully saturated rings. The van der Waals surface area contributed by atoms with Crippen molar-refractivity contribution in [2.24, 2.45) is 0 Å². The summed E-state index contributed by atoms with van der Waals surface area (Å²) in [4.78, 5) is 11.7. The topological polar surface area (TPSA) is 52.9 Å². The average Bonchev–Trinajstić information content (AvgIpc) is 2.51. The Kier molecular flexibility index (Phi) is 5.05. The van der Waals surface area contributed by atoms with Gasteiger partial charge in [0.05, 0.1) is 11.6 Å². The maximum atomic E-state index is 13.0. The second-order valence-electron chi connectivity index (χ2n) is 4.72. The molecule has 0 radical (unpaired) electrons. The molecule has 1 N–H and O–H groups in total. The molecule has 1 amide bonds. The molecule has 2 aromatic carbocycles. The fraction of sp³-hybridized carbons (Fsp3) is 0.176. The molecule has 2 rings (SSSR count). The molecular weight excluding hydrogens is 267 g/mol. The maximum Gasteiger partial charge on any atom is 0.220 e. The van der Waals surface area contributed by atoms with E-state index in [0.717, 1.165) is 11.1 Å². The SMILES string of the molecule is N#Cc1ccc(CCC(=O)NCc2cccc(F)c2)cc1. The third kappa shape index (κ3) is 4.73. The van der Waals surface area contributed by atoms with Crippen molar-refractivity contribution in [3.63, 3.8) is 0 Å². The van der Waals surface area contributed by atoms with Gasteiger partial charge in [-0.05, 0) is 41.8 Å². The van der Waals surface area contributed by atoms with Crippen LogP contribution in [-0.2, 0) is 17.8 Å². The highest BCUT2D eigenvalue weighted by atomic mass is 19.1. The molecule has 0 spiro atoms. The zero-order chi connectivity index (χ0) is 15.1. The van der Waals surface area contributed by atoms with Crippen LogP contribution in [0.4, 0.5) is 4.39 Å². The molecule has 0 bridgehead atoms. The second kappa shape index (κ2) is 7.20. The monoisotopic (exact) mass is 282 g/mol.